The number of hydrogen-bond donors (Lipinski definition) is 1. The van der Waals surface area contributed by atoms with Gasteiger partial charge >= 0.3 is 0 Å². The normalized spacial score (nSPS) is 19.2. The molecule has 0 spiro atoms. The number of benzene rings is 2. The fraction of sp³-hybridized carbons (Fsp3) is 0.350. The molecule has 1 fully saturated rings. The number of anilines is 1. The molecule has 0 aliphatic carbocycles. The molecule has 0 radical (unpaired) electrons. The maximum atomic E-state index is 13.2. The second-order valence-electron chi connectivity index (χ2n) is 6.83. The van der Waals surface area contributed by atoms with Gasteiger partial charge in [-0.05, 0) is 30.7 Å². The van der Waals surface area contributed by atoms with Crippen molar-refractivity contribution in [1.82, 2.24) is 4.72 Å². The number of para-hydroxylation sites is 1. The minimum absolute atomic E-state index is 0.000157. The molecule has 2 aromatic carbocycles. The van der Waals surface area contributed by atoms with Crippen LogP contribution in [-0.2, 0) is 14.8 Å². The molecule has 1 unspecified atom stereocenters. The highest BCUT2D eigenvalue weighted by atomic mass is 32.2. The summed E-state index contributed by atoms with van der Waals surface area (Å²) in [6.07, 6.45) is 1.78. The van der Waals surface area contributed by atoms with Gasteiger partial charge in [0, 0.05) is 30.6 Å². The number of carbonyl (C=O) groups is 1. The quantitative estimate of drug-likeness (QED) is 0.831. The fourth-order valence-electron chi connectivity index (χ4n) is 3.68. The van der Waals surface area contributed by atoms with Crippen molar-refractivity contribution in [2.75, 3.05) is 25.2 Å². The second kappa shape index (κ2) is 7.44. The highest BCUT2D eigenvalue weighted by molar-refractivity contribution is 7.89. The summed E-state index contributed by atoms with van der Waals surface area (Å²) in [6, 6.07) is 11.8. The van der Waals surface area contributed by atoms with E-state index in [0.717, 1.165) is 12.0 Å². The van der Waals surface area contributed by atoms with E-state index < -0.39 is 16.1 Å². The standard InChI is InChI=1S/C20H22N2O5S/c1-26-18-9-8-14(22-11-4-7-20(22)23)13-19(18)28(24,25)21-16-10-12-27-17-6-3-2-5-15(16)17/h2-3,5-6,8-9,13,16,21H,4,7,10-12H2,1H3. The summed E-state index contributed by atoms with van der Waals surface area (Å²) in [5.41, 5.74) is 1.37. The Kier molecular flexibility index (Phi) is 4.99. The Morgan fingerprint density at radius 3 is 2.79 bits per heavy atom. The van der Waals surface area contributed by atoms with Crippen LogP contribution in [0, 0.1) is 0 Å². The number of rotatable bonds is 5. The molecule has 0 bridgehead atoms. The van der Waals surface area contributed by atoms with E-state index in [9.17, 15) is 13.2 Å². The minimum atomic E-state index is -3.88. The first-order chi connectivity index (χ1) is 13.5. The topological polar surface area (TPSA) is 84.9 Å². The maximum absolute atomic E-state index is 13.2. The highest BCUT2D eigenvalue weighted by Gasteiger charge is 2.30. The van der Waals surface area contributed by atoms with Crippen LogP contribution in [0.25, 0.3) is 0 Å². The second-order valence-corrected chi connectivity index (χ2v) is 8.52. The Bertz CT molecular complexity index is 1010. The number of sulfonamides is 1. The lowest BCUT2D eigenvalue weighted by Crippen LogP contribution is -2.32. The van der Waals surface area contributed by atoms with Crippen molar-refractivity contribution in [3.8, 4) is 11.5 Å². The molecule has 148 valence electrons. The summed E-state index contributed by atoms with van der Waals surface area (Å²) in [5.74, 6) is 0.924. The smallest absolute Gasteiger partial charge is 0.244 e. The van der Waals surface area contributed by atoms with Gasteiger partial charge in [0.15, 0.2) is 0 Å². The van der Waals surface area contributed by atoms with Crippen LogP contribution in [0.2, 0.25) is 0 Å². The molecule has 0 aromatic heterocycles. The van der Waals surface area contributed by atoms with E-state index in [4.69, 9.17) is 9.47 Å². The average molecular weight is 402 g/mol. The van der Waals surface area contributed by atoms with Gasteiger partial charge in [0.25, 0.3) is 0 Å². The van der Waals surface area contributed by atoms with E-state index in [1.165, 1.54) is 13.2 Å². The predicted octanol–water partition coefficient (Wildman–Crippen LogP) is 2.62. The van der Waals surface area contributed by atoms with Crippen LogP contribution < -0.4 is 19.1 Å². The van der Waals surface area contributed by atoms with Crippen LogP contribution in [0.15, 0.2) is 47.4 Å². The summed E-state index contributed by atoms with van der Waals surface area (Å²) in [5, 5.41) is 0. The number of ether oxygens (including phenoxy) is 2. The molecule has 2 aliphatic heterocycles. The van der Waals surface area contributed by atoms with Crippen LogP contribution in [-0.4, -0.2) is 34.6 Å². The molecular formula is C20H22N2O5S. The molecule has 2 heterocycles. The molecule has 2 aliphatic rings. The van der Waals surface area contributed by atoms with Gasteiger partial charge in [-0.3, -0.25) is 4.79 Å². The zero-order valence-electron chi connectivity index (χ0n) is 15.6. The van der Waals surface area contributed by atoms with Crippen LogP contribution in [0.5, 0.6) is 11.5 Å². The summed E-state index contributed by atoms with van der Waals surface area (Å²) in [7, 11) is -2.45. The van der Waals surface area contributed by atoms with E-state index in [1.54, 1.807) is 17.0 Å². The van der Waals surface area contributed by atoms with Crippen LogP contribution in [0.3, 0.4) is 0 Å². The van der Waals surface area contributed by atoms with Gasteiger partial charge < -0.3 is 14.4 Å². The van der Waals surface area contributed by atoms with Crippen molar-refractivity contribution in [2.45, 2.75) is 30.2 Å². The number of carbonyl (C=O) groups excluding carboxylic acids is 1. The minimum Gasteiger partial charge on any atom is -0.495 e. The van der Waals surface area contributed by atoms with Gasteiger partial charge in [-0.2, -0.15) is 0 Å². The number of amides is 1. The number of methoxy groups -OCH3 is 1. The summed E-state index contributed by atoms with van der Waals surface area (Å²) >= 11 is 0. The molecule has 28 heavy (non-hydrogen) atoms. The summed E-state index contributed by atoms with van der Waals surface area (Å²) in [4.78, 5) is 13.7. The molecule has 8 heteroatoms. The zero-order chi connectivity index (χ0) is 19.7. The number of nitrogens with zero attached hydrogens (tertiary/aromatic N) is 1. The van der Waals surface area contributed by atoms with Gasteiger partial charge in [-0.25, -0.2) is 13.1 Å². The van der Waals surface area contributed by atoms with Crippen molar-refractivity contribution in [3.05, 3.63) is 48.0 Å². The number of hydrogen-bond acceptors (Lipinski definition) is 5. The molecule has 4 rings (SSSR count). The lowest BCUT2D eigenvalue weighted by Gasteiger charge is -2.27. The van der Waals surface area contributed by atoms with Gasteiger partial charge in [0.2, 0.25) is 15.9 Å². The predicted molar refractivity (Wildman–Crippen MR) is 104 cm³/mol. The van der Waals surface area contributed by atoms with Crippen LogP contribution >= 0.6 is 0 Å². The molecule has 1 amide bonds. The lowest BCUT2D eigenvalue weighted by molar-refractivity contribution is -0.117. The van der Waals surface area contributed by atoms with Gasteiger partial charge in [-0.1, -0.05) is 18.2 Å². The van der Waals surface area contributed by atoms with E-state index in [0.29, 0.717) is 37.4 Å². The SMILES string of the molecule is COc1ccc(N2CCCC2=O)cc1S(=O)(=O)NC1CCOc2ccccc21. The average Bonchev–Trinajstić information content (AvgIpc) is 3.13. The monoisotopic (exact) mass is 402 g/mol. The maximum Gasteiger partial charge on any atom is 0.244 e. The van der Waals surface area contributed by atoms with Crippen molar-refractivity contribution < 1.29 is 22.7 Å². The van der Waals surface area contributed by atoms with Crippen molar-refractivity contribution in [3.63, 3.8) is 0 Å². The third kappa shape index (κ3) is 3.45. The first-order valence-corrected chi connectivity index (χ1v) is 10.7. The lowest BCUT2D eigenvalue weighted by atomic mass is 10.0. The van der Waals surface area contributed by atoms with Gasteiger partial charge in [-0.15, -0.1) is 0 Å². The van der Waals surface area contributed by atoms with E-state index >= 15 is 0 Å². The molecular weight excluding hydrogens is 380 g/mol. The molecule has 2 aromatic rings. The number of fused-ring (bicyclic) bond motifs is 1. The van der Waals surface area contributed by atoms with E-state index in [1.807, 2.05) is 24.3 Å². The fourth-order valence-corrected chi connectivity index (χ4v) is 5.12. The van der Waals surface area contributed by atoms with Crippen molar-refractivity contribution in [1.29, 1.82) is 0 Å². The van der Waals surface area contributed by atoms with Crippen LogP contribution in [0.4, 0.5) is 5.69 Å². The first-order valence-electron chi connectivity index (χ1n) is 9.22. The molecule has 1 atom stereocenters. The highest BCUT2D eigenvalue weighted by Crippen LogP contribution is 2.35. The van der Waals surface area contributed by atoms with E-state index in [2.05, 4.69) is 4.72 Å². The Balaban J connectivity index is 1.68. The molecule has 7 nitrogen and oxygen atoms in total. The summed E-state index contributed by atoms with van der Waals surface area (Å²) in [6.45, 7) is 1.02. The van der Waals surface area contributed by atoms with E-state index in [-0.39, 0.29) is 16.6 Å². The van der Waals surface area contributed by atoms with Crippen molar-refractivity contribution >= 4 is 21.6 Å². The molecule has 0 saturated carbocycles. The van der Waals surface area contributed by atoms with Crippen LogP contribution in [0.1, 0.15) is 30.9 Å². The zero-order valence-corrected chi connectivity index (χ0v) is 16.4. The number of nitrogens with one attached hydrogen (secondary N) is 1. The Labute approximate surface area is 164 Å². The van der Waals surface area contributed by atoms with Crippen molar-refractivity contribution in [2.24, 2.45) is 0 Å². The molecule has 1 N–H and O–H groups in total. The molecule has 1 saturated heterocycles. The third-order valence-electron chi connectivity index (χ3n) is 5.08. The Hall–Kier alpha value is -2.58. The Morgan fingerprint density at radius 2 is 2.04 bits per heavy atom. The summed E-state index contributed by atoms with van der Waals surface area (Å²) < 4.78 is 40.1. The van der Waals surface area contributed by atoms with Gasteiger partial charge in [0.1, 0.15) is 16.4 Å². The largest absolute Gasteiger partial charge is 0.495 e. The first kappa shape index (κ1) is 18.8. The van der Waals surface area contributed by atoms with Gasteiger partial charge in [0.05, 0.1) is 19.8 Å². The third-order valence-corrected chi connectivity index (χ3v) is 6.57. The Morgan fingerprint density at radius 1 is 1.21 bits per heavy atom.